The van der Waals surface area contributed by atoms with Crippen LogP contribution in [0.3, 0.4) is 0 Å². The van der Waals surface area contributed by atoms with Crippen LogP contribution >= 0.6 is 11.3 Å². The Morgan fingerprint density at radius 2 is 1.79 bits per heavy atom. The molecule has 3 aromatic heterocycles. The average molecular weight is 339 g/mol. The zero-order valence-corrected chi connectivity index (χ0v) is 14.4. The molecule has 0 spiro atoms. The SMILES string of the molecule is c1ccc(CN2CCN(Cc3cnc(-c4cccs4)[nH]3)CC2)nc1. The predicted molar refractivity (Wildman–Crippen MR) is 96.7 cm³/mol. The van der Waals surface area contributed by atoms with Crippen LogP contribution in [0.2, 0.25) is 0 Å². The van der Waals surface area contributed by atoms with E-state index in [-0.39, 0.29) is 0 Å². The molecule has 0 atom stereocenters. The van der Waals surface area contributed by atoms with E-state index in [0.29, 0.717) is 0 Å². The summed E-state index contributed by atoms with van der Waals surface area (Å²) in [6.45, 7) is 6.22. The predicted octanol–water partition coefficient (Wildman–Crippen LogP) is 2.85. The van der Waals surface area contributed by atoms with Crippen LogP contribution < -0.4 is 0 Å². The maximum absolute atomic E-state index is 4.50. The number of aromatic nitrogens is 3. The van der Waals surface area contributed by atoms with E-state index < -0.39 is 0 Å². The molecule has 1 fully saturated rings. The molecule has 6 heteroatoms. The van der Waals surface area contributed by atoms with E-state index in [9.17, 15) is 0 Å². The van der Waals surface area contributed by atoms with Crippen LogP contribution in [0.4, 0.5) is 0 Å². The van der Waals surface area contributed by atoms with Crippen molar-refractivity contribution >= 4 is 11.3 Å². The number of hydrogen-bond acceptors (Lipinski definition) is 5. The second-order valence-electron chi connectivity index (χ2n) is 6.11. The number of piperazine rings is 1. The molecule has 0 saturated carbocycles. The fourth-order valence-corrected chi connectivity index (χ4v) is 3.72. The third-order valence-electron chi connectivity index (χ3n) is 4.35. The molecule has 0 aliphatic carbocycles. The van der Waals surface area contributed by atoms with Gasteiger partial charge in [-0.05, 0) is 23.6 Å². The van der Waals surface area contributed by atoms with Gasteiger partial charge in [0.1, 0.15) is 5.82 Å². The fourth-order valence-electron chi connectivity index (χ4n) is 3.05. The van der Waals surface area contributed by atoms with Crippen molar-refractivity contribution in [3.05, 3.63) is 59.5 Å². The summed E-state index contributed by atoms with van der Waals surface area (Å²) in [6, 6.07) is 10.3. The second-order valence-corrected chi connectivity index (χ2v) is 7.06. The summed E-state index contributed by atoms with van der Waals surface area (Å²) >= 11 is 1.72. The molecule has 1 aliphatic heterocycles. The number of hydrogen-bond donors (Lipinski definition) is 1. The van der Waals surface area contributed by atoms with E-state index in [2.05, 4.69) is 54.4 Å². The third kappa shape index (κ3) is 3.72. The van der Waals surface area contributed by atoms with E-state index in [4.69, 9.17) is 0 Å². The monoisotopic (exact) mass is 339 g/mol. The Kier molecular flexibility index (Phi) is 4.69. The van der Waals surface area contributed by atoms with Gasteiger partial charge in [-0.1, -0.05) is 12.1 Å². The molecule has 24 heavy (non-hydrogen) atoms. The van der Waals surface area contributed by atoms with Crippen LogP contribution in [-0.2, 0) is 13.1 Å². The van der Waals surface area contributed by atoms with E-state index in [1.165, 1.54) is 10.6 Å². The summed E-state index contributed by atoms with van der Waals surface area (Å²) in [5.41, 5.74) is 2.34. The lowest BCUT2D eigenvalue weighted by Crippen LogP contribution is -2.45. The maximum atomic E-state index is 4.50. The summed E-state index contributed by atoms with van der Waals surface area (Å²) in [7, 11) is 0. The largest absolute Gasteiger partial charge is 0.340 e. The van der Waals surface area contributed by atoms with Gasteiger partial charge in [-0.3, -0.25) is 14.8 Å². The van der Waals surface area contributed by atoms with Crippen LogP contribution in [0.25, 0.3) is 10.7 Å². The number of nitrogens with zero attached hydrogens (tertiary/aromatic N) is 4. The second kappa shape index (κ2) is 7.25. The molecule has 3 aromatic rings. The van der Waals surface area contributed by atoms with E-state index in [1.807, 2.05) is 18.5 Å². The molecular formula is C18H21N5S. The molecule has 0 amide bonds. The molecule has 0 aromatic carbocycles. The number of imidazole rings is 1. The van der Waals surface area contributed by atoms with E-state index >= 15 is 0 Å². The summed E-state index contributed by atoms with van der Waals surface area (Å²) in [5.74, 6) is 0.980. The highest BCUT2D eigenvalue weighted by atomic mass is 32.1. The number of nitrogens with one attached hydrogen (secondary N) is 1. The van der Waals surface area contributed by atoms with Gasteiger partial charge in [0, 0.05) is 57.4 Å². The number of aromatic amines is 1. The van der Waals surface area contributed by atoms with Crippen molar-refractivity contribution in [1.82, 2.24) is 24.8 Å². The van der Waals surface area contributed by atoms with Crippen molar-refractivity contribution in [3.8, 4) is 10.7 Å². The smallest absolute Gasteiger partial charge is 0.147 e. The van der Waals surface area contributed by atoms with Crippen LogP contribution in [-0.4, -0.2) is 50.9 Å². The van der Waals surface area contributed by atoms with Gasteiger partial charge in [-0.2, -0.15) is 0 Å². The molecular weight excluding hydrogens is 318 g/mol. The minimum atomic E-state index is 0.940. The highest BCUT2D eigenvalue weighted by Crippen LogP contribution is 2.21. The first-order valence-corrected chi connectivity index (χ1v) is 9.17. The Morgan fingerprint density at radius 3 is 2.50 bits per heavy atom. The van der Waals surface area contributed by atoms with Crippen LogP contribution in [0, 0.1) is 0 Å². The first-order chi connectivity index (χ1) is 11.9. The van der Waals surface area contributed by atoms with Crippen molar-refractivity contribution in [3.63, 3.8) is 0 Å². The number of H-pyrrole nitrogens is 1. The summed E-state index contributed by atoms with van der Waals surface area (Å²) < 4.78 is 0. The van der Waals surface area contributed by atoms with Gasteiger partial charge in [0.25, 0.3) is 0 Å². The molecule has 124 valence electrons. The molecule has 5 nitrogen and oxygen atoms in total. The van der Waals surface area contributed by atoms with Gasteiger partial charge in [-0.15, -0.1) is 11.3 Å². The Balaban J connectivity index is 1.29. The van der Waals surface area contributed by atoms with Gasteiger partial charge in [0.2, 0.25) is 0 Å². The molecule has 0 bridgehead atoms. The zero-order valence-electron chi connectivity index (χ0n) is 13.6. The lowest BCUT2D eigenvalue weighted by molar-refractivity contribution is 0.120. The Hall–Kier alpha value is -2.02. The van der Waals surface area contributed by atoms with Crippen molar-refractivity contribution in [2.75, 3.05) is 26.2 Å². The van der Waals surface area contributed by atoms with Gasteiger partial charge < -0.3 is 4.98 Å². The topological polar surface area (TPSA) is 48.0 Å². The highest BCUT2D eigenvalue weighted by molar-refractivity contribution is 7.13. The minimum absolute atomic E-state index is 0.940. The zero-order chi connectivity index (χ0) is 16.2. The van der Waals surface area contributed by atoms with Crippen molar-refractivity contribution < 1.29 is 0 Å². The third-order valence-corrected chi connectivity index (χ3v) is 5.23. The molecule has 1 N–H and O–H groups in total. The van der Waals surface area contributed by atoms with Crippen molar-refractivity contribution in [2.45, 2.75) is 13.1 Å². The lowest BCUT2D eigenvalue weighted by atomic mass is 10.2. The average Bonchev–Trinajstić information content (AvgIpc) is 3.29. The Morgan fingerprint density at radius 1 is 0.958 bits per heavy atom. The van der Waals surface area contributed by atoms with Crippen molar-refractivity contribution in [2.24, 2.45) is 0 Å². The van der Waals surface area contributed by atoms with Gasteiger partial charge in [0.15, 0.2) is 0 Å². The normalized spacial score (nSPS) is 16.5. The van der Waals surface area contributed by atoms with Crippen LogP contribution in [0.1, 0.15) is 11.4 Å². The van der Waals surface area contributed by atoms with Gasteiger partial charge >= 0.3 is 0 Å². The molecule has 0 unspecified atom stereocenters. The summed E-state index contributed by atoms with van der Waals surface area (Å²) in [4.78, 5) is 18.5. The molecule has 4 rings (SSSR count). The standard InChI is InChI=1S/C18H21N5S/c1-2-6-19-15(4-1)13-22-7-9-23(10-8-22)14-16-12-20-18(21-16)17-5-3-11-24-17/h1-6,11-12H,7-10,13-14H2,(H,20,21). The van der Waals surface area contributed by atoms with Gasteiger partial charge in [0.05, 0.1) is 10.6 Å². The highest BCUT2D eigenvalue weighted by Gasteiger charge is 2.18. The number of pyridine rings is 1. The van der Waals surface area contributed by atoms with Crippen molar-refractivity contribution in [1.29, 1.82) is 0 Å². The van der Waals surface area contributed by atoms with Crippen LogP contribution in [0.15, 0.2) is 48.1 Å². The molecule has 1 saturated heterocycles. The van der Waals surface area contributed by atoms with Crippen LogP contribution in [0.5, 0.6) is 0 Å². The summed E-state index contributed by atoms with van der Waals surface area (Å²) in [6.07, 6.45) is 3.84. The summed E-state index contributed by atoms with van der Waals surface area (Å²) in [5, 5.41) is 2.08. The molecule has 0 radical (unpaired) electrons. The Bertz CT molecular complexity index is 745. The van der Waals surface area contributed by atoms with E-state index in [1.54, 1.807) is 11.3 Å². The van der Waals surface area contributed by atoms with E-state index in [0.717, 1.165) is 50.8 Å². The first kappa shape index (κ1) is 15.5. The molecule has 1 aliphatic rings. The van der Waals surface area contributed by atoms with Gasteiger partial charge in [-0.25, -0.2) is 4.98 Å². The minimum Gasteiger partial charge on any atom is -0.340 e. The maximum Gasteiger partial charge on any atom is 0.147 e. The number of rotatable bonds is 5. The lowest BCUT2D eigenvalue weighted by Gasteiger charge is -2.34. The quantitative estimate of drug-likeness (QED) is 0.776. The Labute approximate surface area is 146 Å². The fraction of sp³-hybridized carbons (Fsp3) is 0.333. The molecule has 4 heterocycles. The number of thiophene rings is 1. The first-order valence-electron chi connectivity index (χ1n) is 8.29.